The Morgan fingerprint density at radius 3 is 2.62 bits per heavy atom. The lowest BCUT2D eigenvalue weighted by molar-refractivity contribution is 0.0884. The highest BCUT2D eigenvalue weighted by Gasteiger charge is 2.39. The minimum Gasteiger partial charge on any atom is -0.343 e. The van der Waals surface area contributed by atoms with Crippen LogP contribution in [0.3, 0.4) is 0 Å². The van der Waals surface area contributed by atoms with Crippen molar-refractivity contribution in [2.45, 2.75) is 38.3 Å². The predicted octanol–water partition coefficient (Wildman–Crippen LogP) is 3.97. The molecule has 0 radical (unpaired) electrons. The molecule has 29 heavy (non-hydrogen) atoms. The Bertz CT molecular complexity index is 964. The lowest BCUT2D eigenvalue weighted by Gasteiger charge is -2.40. The Balaban J connectivity index is 1.73. The molecule has 1 atom stereocenters. The predicted molar refractivity (Wildman–Crippen MR) is 115 cm³/mol. The number of aromatic nitrogens is 1. The number of nitrogens with one attached hydrogen (secondary N) is 2. The smallest absolute Gasteiger partial charge is 0.253 e. The summed E-state index contributed by atoms with van der Waals surface area (Å²) >= 11 is 12.1. The van der Waals surface area contributed by atoms with E-state index in [1.54, 1.807) is 24.4 Å². The van der Waals surface area contributed by atoms with E-state index in [1.165, 1.54) is 6.07 Å². The highest BCUT2D eigenvalue weighted by molar-refractivity contribution is 7.89. The van der Waals surface area contributed by atoms with Gasteiger partial charge in [-0.1, -0.05) is 36.2 Å². The van der Waals surface area contributed by atoms with Crippen molar-refractivity contribution < 1.29 is 13.2 Å². The van der Waals surface area contributed by atoms with Crippen LogP contribution in [0.25, 0.3) is 0 Å². The third-order valence-corrected chi connectivity index (χ3v) is 7.12. The molecule has 1 aliphatic carbocycles. The molecular weight excluding hydrogens is 433 g/mol. The van der Waals surface area contributed by atoms with Gasteiger partial charge in [0.2, 0.25) is 10.0 Å². The summed E-state index contributed by atoms with van der Waals surface area (Å²) in [4.78, 5) is 17.2. The van der Waals surface area contributed by atoms with Crippen molar-refractivity contribution in [2.24, 2.45) is 5.92 Å². The van der Waals surface area contributed by atoms with E-state index in [0.717, 1.165) is 5.69 Å². The first-order valence-corrected chi connectivity index (χ1v) is 11.9. The van der Waals surface area contributed by atoms with E-state index in [-0.39, 0.29) is 34.7 Å². The second-order valence-electron chi connectivity index (χ2n) is 7.20. The van der Waals surface area contributed by atoms with Crippen LogP contribution in [0.1, 0.15) is 48.3 Å². The number of rotatable bonds is 8. The maximum Gasteiger partial charge on any atom is 0.253 e. The van der Waals surface area contributed by atoms with Gasteiger partial charge in [0.25, 0.3) is 5.91 Å². The Hall–Kier alpha value is -1.67. The molecule has 1 aromatic heterocycles. The van der Waals surface area contributed by atoms with Crippen LogP contribution in [0, 0.1) is 5.92 Å². The molecule has 9 heteroatoms. The number of hydrogen-bond acceptors (Lipinski definition) is 4. The van der Waals surface area contributed by atoms with Crippen molar-refractivity contribution in [3.8, 4) is 0 Å². The van der Waals surface area contributed by atoms with E-state index < -0.39 is 10.0 Å². The molecule has 1 aromatic carbocycles. The molecule has 2 N–H and O–H groups in total. The fourth-order valence-electron chi connectivity index (χ4n) is 3.50. The summed E-state index contributed by atoms with van der Waals surface area (Å²) in [6.45, 7) is 1.83. The Morgan fingerprint density at radius 1 is 1.24 bits per heavy atom. The van der Waals surface area contributed by atoms with Gasteiger partial charge in [0.15, 0.2) is 0 Å². The average Bonchev–Trinajstić information content (AvgIpc) is 2.63. The monoisotopic (exact) mass is 455 g/mol. The number of amides is 1. The van der Waals surface area contributed by atoms with Crippen LogP contribution >= 0.6 is 23.2 Å². The zero-order valence-corrected chi connectivity index (χ0v) is 18.3. The van der Waals surface area contributed by atoms with Crippen LogP contribution in [0.5, 0.6) is 0 Å². The number of carbonyl (C=O) groups is 1. The summed E-state index contributed by atoms with van der Waals surface area (Å²) in [6, 6.07) is 9.76. The maximum absolute atomic E-state index is 12.8. The van der Waals surface area contributed by atoms with Gasteiger partial charge in [0.1, 0.15) is 0 Å². The Kier molecular flexibility index (Phi) is 7.16. The standard InChI is InChI=1S/C20H23Cl2N3O3S/c1-2-9-29(27,28)25-15-10-13(11-15)19(18-5-3-4-8-23-18)24-20(26)16-7-6-14(21)12-17(16)22/h3-8,12-13,15,19,25H,2,9-11H2,1H3,(H,24,26). The van der Waals surface area contributed by atoms with Gasteiger partial charge in [-0.3, -0.25) is 9.78 Å². The largest absolute Gasteiger partial charge is 0.343 e. The number of pyridine rings is 1. The third kappa shape index (κ3) is 5.69. The number of carbonyl (C=O) groups excluding carboxylic acids is 1. The zero-order valence-electron chi connectivity index (χ0n) is 15.9. The molecule has 0 aliphatic heterocycles. The molecule has 0 spiro atoms. The fourth-order valence-corrected chi connectivity index (χ4v) is 5.35. The van der Waals surface area contributed by atoms with E-state index in [2.05, 4.69) is 15.0 Å². The van der Waals surface area contributed by atoms with Gasteiger partial charge in [0.05, 0.1) is 28.1 Å². The molecule has 6 nitrogen and oxygen atoms in total. The highest BCUT2D eigenvalue weighted by Crippen LogP contribution is 2.38. The van der Waals surface area contributed by atoms with Crippen molar-refractivity contribution in [2.75, 3.05) is 5.75 Å². The highest BCUT2D eigenvalue weighted by atomic mass is 35.5. The van der Waals surface area contributed by atoms with E-state index in [4.69, 9.17) is 23.2 Å². The fraction of sp³-hybridized carbons (Fsp3) is 0.400. The first kappa shape index (κ1) is 22.0. The first-order valence-electron chi connectivity index (χ1n) is 9.46. The summed E-state index contributed by atoms with van der Waals surface area (Å²) in [7, 11) is -3.26. The molecule has 0 bridgehead atoms. The normalized spacial score (nSPS) is 20.0. The van der Waals surface area contributed by atoms with E-state index in [0.29, 0.717) is 29.8 Å². The van der Waals surface area contributed by atoms with Crippen LogP contribution in [0.15, 0.2) is 42.6 Å². The summed E-state index contributed by atoms with van der Waals surface area (Å²) in [5.74, 6) is -0.143. The molecule has 1 fully saturated rings. The second-order valence-corrected chi connectivity index (χ2v) is 9.91. The third-order valence-electron chi connectivity index (χ3n) is 4.93. The van der Waals surface area contributed by atoms with Crippen LogP contribution in [-0.4, -0.2) is 31.1 Å². The van der Waals surface area contributed by atoms with Crippen molar-refractivity contribution >= 4 is 39.1 Å². The van der Waals surface area contributed by atoms with Gasteiger partial charge in [-0.15, -0.1) is 0 Å². The van der Waals surface area contributed by atoms with Crippen LogP contribution < -0.4 is 10.0 Å². The molecule has 2 aromatic rings. The molecule has 1 unspecified atom stereocenters. The second kappa shape index (κ2) is 9.43. The van der Waals surface area contributed by atoms with E-state index in [9.17, 15) is 13.2 Å². The summed E-state index contributed by atoms with van der Waals surface area (Å²) < 4.78 is 26.7. The number of nitrogens with zero attached hydrogens (tertiary/aromatic N) is 1. The van der Waals surface area contributed by atoms with Gasteiger partial charge in [-0.2, -0.15) is 0 Å². The van der Waals surface area contributed by atoms with Gasteiger partial charge in [-0.05, 0) is 55.5 Å². The Morgan fingerprint density at radius 2 is 2.00 bits per heavy atom. The maximum atomic E-state index is 12.8. The molecule has 1 saturated carbocycles. The lowest BCUT2D eigenvalue weighted by atomic mass is 9.75. The van der Waals surface area contributed by atoms with Crippen molar-refractivity contribution in [3.63, 3.8) is 0 Å². The van der Waals surface area contributed by atoms with Crippen LogP contribution in [-0.2, 0) is 10.0 Å². The number of sulfonamides is 1. The van der Waals surface area contributed by atoms with Crippen molar-refractivity contribution in [3.05, 3.63) is 63.9 Å². The van der Waals surface area contributed by atoms with E-state index >= 15 is 0 Å². The van der Waals surface area contributed by atoms with Gasteiger partial charge < -0.3 is 5.32 Å². The Labute approximate surface area is 181 Å². The summed E-state index contributed by atoms with van der Waals surface area (Å²) in [5.41, 5.74) is 1.06. The summed E-state index contributed by atoms with van der Waals surface area (Å²) in [6.07, 6.45) is 3.49. The number of benzene rings is 1. The average molecular weight is 456 g/mol. The molecule has 3 rings (SSSR count). The molecule has 0 saturated heterocycles. The van der Waals surface area contributed by atoms with Gasteiger partial charge in [-0.25, -0.2) is 13.1 Å². The van der Waals surface area contributed by atoms with Crippen molar-refractivity contribution in [1.29, 1.82) is 0 Å². The lowest BCUT2D eigenvalue weighted by Crippen LogP contribution is -2.49. The van der Waals surface area contributed by atoms with Gasteiger partial charge >= 0.3 is 0 Å². The molecule has 1 heterocycles. The molecule has 1 amide bonds. The van der Waals surface area contributed by atoms with Crippen molar-refractivity contribution in [1.82, 2.24) is 15.0 Å². The zero-order chi connectivity index (χ0) is 21.0. The molecular formula is C20H23Cl2N3O3S. The summed E-state index contributed by atoms with van der Waals surface area (Å²) in [5, 5.41) is 3.74. The minimum atomic E-state index is -3.26. The molecule has 156 valence electrons. The topological polar surface area (TPSA) is 88.2 Å². The van der Waals surface area contributed by atoms with Crippen LogP contribution in [0.4, 0.5) is 0 Å². The minimum absolute atomic E-state index is 0.0641. The van der Waals surface area contributed by atoms with E-state index in [1.807, 2.05) is 19.1 Å². The molecule has 1 aliphatic rings. The SMILES string of the molecule is CCCS(=O)(=O)NC1CC(C(NC(=O)c2ccc(Cl)cc2Cl)c2ccccn2)C1. The van der Waals surface area contributed by atoms with Gasteiger partial charge in [0, 0.05) is 17.3 Å². The van der Waals surface area contributed by atoms with Crippen LogP contribution in [0.2, 0.25) is 10.0 Å². The number of halogens is 2. The first-order chi connectivity index (χ1) is 13.8. The number of hydrogen-bond donors (Lipinski definition) is 2. The quantitative estimate of drug-likeness (QED) is 0.629.